The first-order chi connectivity index (χ1) is 9.93. The van der Waals surface area contributed by atoms with Crippen molar-refractivity contribution in [2.75, 3.05) is 7.05 Å². The van der Waals surface area contributed by atoms with Gasteiger partial charge >= 0.3 is 0 Å². The molecule has 2 aromatic heterocycles. The van der Waals surface area contributed by atoms with Gasteiger partial charge in [-0.3, -0.25) is 9.69 Å². The minimum Gasteiger partial charge on any atom is -0.369 e. The van der Waals surface area contributed by atoms with Gasteiger partial charge in [0.05, 0.1) is 0 Å². The van der Waals surface area contributed by atoms with E-state index in [-0.39, 0.29) is 17.8 Å². The second kappa shape index (κ2) is 5.00. The minimum atomic E-state index is -0.721. The number of rotatable bonds is 2. The summed E-state index contributed by atoms with van der Waals surface area (Å²) in [5.74, 6) is -0.186. The number of likely N-dealkylation sites (N-methyl/N-ethyl adjacent to an activating group) is 1. The number of nitrogens with zero attached hydrogens (tertiary/aromatic N) is 2. The molecule has 2 N–H and O–H groups in total. The number of carbonyl (C=O) groups excluding carboxylic acids is 1. The van der Waals surface area contributed by atoms with Crippen molar-refractivity contribution < 1.29 is 4.79 Å². The van der Waals surface area contributed by atoms with Crippen LogP contribution in [-0.2, 0) is 10.3 Å². The molecule has 0 aromatic carbocycles. The molecule has 1 aliphatic heterocycles. The molecule has 1 unspecified atom stereocenters. The minimum absolute atomic E-state index is 0.0422. The van der Waals surface area contributed by atoms with Gasteiger partial charge in [-0.1, -0.05) is 17.6 Å². The molecule has 0 saturated heterocycles. The number of hydrogen-bond donors (Lipinski definition) is 1. The van der Waals surface area contributed by atoms with Crippen LogP contribution in [0.4, 0.5) is 0 Å². The zero-order chi connectivity index (χ0) is 15.2. The summed E-state index contributed by atoms with van der Waals surface area (Å²) in [4.78, 5) is 20.8. The lowest BCUT2D eigenvalue weighted by Gasteiger charge is -2.39. The van der Waals surface area contributed by atoms with Crippen LogP contribution >= 0.6 is 22.7 Å². The molecule has 7 heteroatoms. The molecule has 0 spiro atoms. The molecule has 0 fully saturated rings. The molecule has 2 radical (unpaired) electrons. The Balaban J connectivity index is 2.20. The van der Waals surface area contributed by atoms with Gasteiger partial charge in [0.15, 0.2) is 5.96 Å². The molecule has 4 nitrogen and oxygen atoms in total. The monoisotopic (exact) mass is 315 g/mol. The topological polar surface area (TPSA) is 58.7 Å². The van der Waals surface area contributed by atoms with Crippen molar-refractivity contribution in [1.29, 1.82) is 0 Å². The van der Waals surface area contributed by atoms with E-state index >= 15 is 0 Å². The van der Waals surface area contributed by atoms with Crippen LogP contribution < -0.4 is 11.2 Å². The number of nitrogens with two attached hydrogens (primary N) is 1. The molecule has 21 heavy (non-hydrogen) atoms. The molecule has 0 saturated carbocycles. The van der Waals surface area contributed by atoms with Crippen molar-refractivity contribution >= 4 is 47.8 Å². The second-order valence-electron chi connectivity index (χ2n) is 5.21. The molecule has 2 atom stereocenters. The molecule has 2 aromatic rings. The Morgan fingerprint density at radius 1 is 1.48 bits per heavy atom. The SMILES string of the molecule is [B]c1csc([C@@]2(C)N=C(N)N(C)C(=O)C2c2cccs2)c1. The smallest absolute Gasteiger partial charge is 0.240 e. The first-order valence-corrected chi connectivity index (χ1v) is 8.20. The summed E-state index contributed by atoms with van der Waals surface area (Å²) in [6, 6.07) is 5.78. The second-order valence-corrected chi connectivity index (χ2v) is 7.10. The van der Waals surface area contributed by atoms with Crippen molar-refractivity contribution in [2.45, 2.75) is 18.4 Å². The molecule has 0 bridgehead atoms. The van der Waals surface area contributed by atoms with E-state index in [4.69, 9.17) is 13.6 Å². The van der Waals surface area contributed by atoms with Crippen LogP contribution in [0.25, 0.3) is 0 Å². The highest BCUT2D eigenvalue weighted by Crippen LogP contribution is 2.46. The van der Waals surface area contributed by atoms with Gasteiger partial charge in [0.2, 0.25) is 5.91 Å². The number of guanidine groups is 1. The number of aliphatic imine (C=N–C) groups is 1. The van der Waals surface area contributed by atoms with E-state index in [0.717, 1.165) is 9.75 Å². The zero-order valence-corrected chi connectivity index (χ0v) is 13.4. The average molecular weight is 315 g/mol. The first-order valence-electron chi connectivity index (χ1n) is 6.44. The maximum absolute atomic E-state index is 12.8. The lowest BCUT2D eigenvalue weighted by atomic mass is 9.80. The van der Waals surface area contributed by atoms with E-state index in [0.29, 0.717) is 5.46 Å². The molecule has 106 valence electrons. The quantitative estimate of drug-likeness (QED) is 0.852. The number of carbonyl (C=O) groups is 1. The maximum Gasteiger partial charge on any atom is 0.240 e. The summed E-state index contributed by atoms with van der Waals surface area (Å²) in [6.07, 6.45) is 0. The summed E-state index contributed by atoms with van der Waals surface area (Å²) in [7, 11) is 7.50. The van der Waals surface area contributed by atoms with E-state index < -0.39 is 5.54 Å². The number of hydrogen-bond acceptors (Lipinski definition) is 5. The fourth-order valence-electron chi connectivity index (χ4n) is 2.59. The van der Waals surface area contributed by atoms with Gasteiger partial charge in [0.1, 0.15) is 19.3 Å². The van der Waals surface area contributed by atoms with Crippen molar-refractivity contribution in [1.82, 2.24) is 4.90 Å². The fraction of sp³-hybridized carbons (Fsp3) is 0.286. The fourth-order valence-corrected chi connectivity index (χ4v) is 4.47. The summed E-state index contributed by atoms with van der Waals surface area (Å²) in [5, 5.41) is 3.83. The van der Waals surface area contributed by atoms with Gasteiger partial charge < -0.3 is 5.73 Å². The third kappa shape index (κ3) is 2.20. The third-order valence-electron chi connectivity index (χ3n) is 3.78. The lowest BCUT2D eigenvalue weighted by molar-refractivity contribution is -0.130. The normalized spacial score (nSPS) is 26.0. The van der Waals surface area contributed by atoms with Crippen molar-refractivity contribution in [3.63, 3.8) is 0 Å². The highest BCUT2D eigenvalue weighted by molar-refractivity contribution is 7.11. The maximum atomic E-state index is 12.8. The Kier molecular flexibility index (Phi) is 3.41. The third-order valence-corrected chi connectivity index (χ3v) is 5.89. The van der Waals surface area contributed by atoms with Gasteiger partial charge in [-0.05, 0) is 23.8 Å². The highest BCUT2D eigenvalue weighted by Gasteiger charge is 2.48. The van der Waals surface area contributed by atoms with Crippen LogP contribution in [0.1, 0.15) is 22.6 Å². The predicted octanol–water partition coefficient (Wildman–Crippen LogP) is 1.39. The van der Waals surface area contributed by atoms with E-state index in [1.54, 1.807) is 18.4 Å². The van der Waals surface area contributed by atoms with E-state index in [1.165, 1.54) is 16.2 Å². The molecule has 3 heterocycles. The van der Waals surface area contributed by atoms with Gasteiger partial charge in [0.25, 0.3) is 0 Å². The standard InChI is InChI=1S/C14H14BN3OS2/c1-14(10-6-8(15)7-21-10)11(9-4-3-5-20-9)12(19)18(2)13(16)17-14/h3-7,11H,1-2H3,(H2,16,17)/t11?,14-/m1/s1. The molecule has 3 rings (SSSR count). The molecular weight excluding hydrogens is 301 g/mol. The lowest BCUT2D eigenvalue weighted by Crippen LogP contribution is -2.52. The number of thiophene rings is 2. The van der Waals surface area contributed by atoms with Gasteiger partial charge in [0, 0.05) is 16.8 Å². The summed E-state index contributed by atoms with van der Waals surface area (Å²) >= 11 is 3.06. The predicted molar refractivity (Wildman–Crippen MR) is 88.5 cm³/mol. The van der Waals surface area contributed by atoms with Gasteiger partial charge in [-0.15, -0.1) is 22.7 Å². The largest absolute Gasteiger partial charge is 0.369 e. The molecule has 1 amide bonds. The first kappa shape index (κ1) is 14.3. The van der Waals surface area contributed by atoms with Crippen LogP contribution in [0.15, 0.2) is 34.0 Å². The Morgan fingerprint density at radius 2 is 2.24 bits per heavy atom. The van der Waals surface area contributed by atoms with Crippen LogP contribution in [-0.4, -0.2) is 31.7 Å². The van der Waals surface area contributed by atoms with Crippen LogP contribution in [0.3, 0.4) is 0 Å². The summed E-state index contributed by atoms with van der Waals surface area (Å²) in [5.41, 5.74) is 5.90. The van der Waals surface area contributed by atoms with Crippen LogP contribution in [0, 0.1) is 0 Å². The van der Waals surface area contributed by atoms with Gasteiger partial charge in [-0.25, -0.2) is 4.99 Å². The number of amides is 1. The summed E-state index contributed by atoms with van der Waals surface area (Å²) in [6.45, 7) is 1.94. The van der Waals surface area contributed by atoms with Crippen molar-refractivity contribution in [3.05, 3.63) is 38.7 Å². The average Bonchev–Trinajstić information content (AvgIpc) is 3.08. The van der Waals surface area contributed by atoms with Crippen molar-refractivity contribution in [3.8, 4) is 0 Å². The van der Waals surface area contributed by atoms with Gasteiger partial charge in [-0.2, -0.15) is 0 Å². The van der Waals surface area contributed by atoms with Crippen LogP contribution in [0.5, 0.6) is 0 Å². The van der Waals surface area contributed by atoms with Crippen molar-refractivity contribution in [2.24, 2.45) is 10.7 Å². The summed E-state index contributed by atoms with van der Waals surface area (Å²) < 4.78 is 0. The Hall–Kier alpha value is -1.60. The Bertz CT molecular complexity index is 710. The van der Waals surface area contributed by atoms with Crippen LogP contribution in [0.2, 0.25) is 0 Å². The van der Waals surface area contributed by atoms with E-state index in [1.807, 2.05) is 35.9 Å². The molecule has 0 aliphatic carbocycles. The zero-order valence-electron chi connectivity index (χ0n) is 11.7. The molecular formula is C14H14BN3OS2. The van der Waals surface area contributed by atoms with E-state index in [9.17, 15) is 4.79 Å². The molecule has 1 aliphatic rings. The Labute approximate surface area is 132 Å². The van der Waals surface area contributed by atoms with E-state index in [2.05, 4.69) is 4.99 Å². The Morgan fingerprint density at radius 3 is 2.81 bits per heavy atom. The highest BCUT2D eigenvalue weighted by atomic mass is 32.1.